The first-order valence-electron chi connectivity index (χ1n) is 11.5. The molecule has 2 aromatic carbocycles. The summed E-state index contributed by atoms with van der Waals surface area (Å²) >= 11 is 1.39. The average Bonchev–Trinajstić information content (AvgIpc) is 3.21. The van der Waals surface area contributed by atoms with Gasteiger partial charge in [0.25, 0.3) is 15.9 Å². The molecule has 35 heavy (non-hydrogen) atoms. The Morgan fingerprint density at radius 2 is 1.74 bits per heavy atom. The van der Waals surface area contributed by atoms with Crippen molar-refractivity contribution in [1.29, 1.82) is 0 Å². The van der Waals surface area contributed by atoms with Crippen LogP contribution in [0.1, 0.15) is 56.5 Å². The quantitative estimate of drug-likeness (QED) is 0.440. The molecule has 0 atom stereocenters. The number of thiophene rings is 1. The van der Waals surface area contributed by atoms with Gasteiger partial charge in [-0.2, -0.15) is 0 Å². The molecule has 0 fully saturated rings. The number of benzene rings is 2. The third-order valence-corrected chi connectivity index (χ3v) is 9.04. The number of carbonyl (C=O) groups is 2. The molecule has 0 spiro atoms. The smallest absolute Gasteiger partial charge is 0.341 e. The van der Waals surface area contributed by atoms with Crippen LogP contribution in [0.2, 0.25) is 0 Å². The van der Waals surface area contributed by atoms with Crippen LogP contribution in [-0.2, 0) is 27.6 Å². The van der Waals surface area contributed by atoms with E-state index in [1.165, 1.54) is 18.4 Å². The van der Waals surface area contributed by atoms with Crippen LogP contribution >= 0.6 is 11.3 Å². The Kier molecular flexibility index (Phi) is 7.28. The standard InChI is InChI=1S/C26H28N2O5S2/c1-4-33-26(30)23-20-10-6-8-12-22(20)34-25(23)27-24(29)19-9-5-7-11-21(19)28(3)35(31,32)18-15-13-17(2)14-16-18/h5,7,9,11,13-16H,4,6,8,10,12H2,1-3H3,(H,27,29). The lowest BCUT2D eigenvalue weighted by Crippen LogP contribution is -2.29. The van der Waals surface area contributed by atoms with Gasteiger partial charge in [-0.1, -0.05) is 29.8 Å². The molecular formula is C26H28N2O5S2. The molecule has 0 bridgehead atoms. The summed E-state index contributed by atoms with van der Waals surface area (Å²) in [6.45, 7) is 3.86. The first-order chi connectivity index (χ1) is 16.7. The van der Waals surface area contributed by atoms with E-state index in [1.54, 1.807) is 55.5 Å². The van der Waals surface area contributed by atoms with Crippen LogP contribution in [0.3, 0.4) is 0 Å². The summed E-state index contributed by atoms with van der Waals surface area (Å²) in [5, 5.41) is 3.32. The van der Waals surface area contributed by atoms with E-state index in [1.807, 2.05) is 6.92 Å². The number of hydrogen-bond donors (Lipinski definition) is 1. The highest BCUT2D eigenvalue weighted by atomic mass is 32.2. The highest BCUT2D eigenvalue weighted by Crippen LogP contribution is 2.39. The number of carbonyl (C=O) groups excluding carboxylic acids is 2. The minimum Gasteiger partial charge on any atom is -0.462 e. The lowest BCUT2D eigenvalue weighted by Gasteiger charge is -2.22. The minimum atomic E-state index is -3.89. The van der Waals surface area contributed by atoms with Crippen molar-refractivity contribution in [2.75, 3.05) is 23.3 Å². The highest BCUT2D eigenvalue weighted by Gasteiger charge is 2.29. The SMILES string of the molecule is CCOC(=O)c1c(NC(=O)c2ccccc2N(C)S(=O)(=O)c2ccc(C)cc2)sc2c1CCCC2. The summed E-state index contributed by atoms with van der Waals surface area (Å²) in [7, 11) is -2.46. The molecule has 1 heterocycles. The van der Waals surface area contributed by atoms with E-state index in [4.69, 9.17) is 4.74 Å². The number of aryl methyl sites for hydroxylation is 2. The topological polar surface area (TPSA) is 92.8 Å². The van der Waals surface area contributed by atoms with E-state index in [0.29, 0.717) is 10.6 Å². The van der Waals surface area contributed by atoms with E-state index in [-0.39, 0.29) is 22.8 Å². The number of anilines is 2. The van der Waals surface area contributed by atoms with Gasteiger partial charge in [0.2, 0.25) is 0 Å². The van der Waals surface area contributed by atoms with Crippen molar-refractivity contribution in [1.82, 2.24) is 0 Å². The zero-order valence-electron chi connectivity index (χ0n) is 20.0. The van der Waals surface area contributed by atoms with Gasteiger partial charge in [0.15, 0.2) is 0 Å². The Labute approximate surface area is 209 Å². The molecule has 7 nitrogen and oxygen atoms in total. The molecule has 0 aliphatic heterocycles. The number of hydrogen-bond acceptors (Lipinski definition) is 6. The van der Waals surface area contributed by atoms with Crippen molar-refractivity contribution in [3.8, 4) is 0 Å². The molecule has 0 saturated carbocycles. The maximum absolute atomic E-state index is 13.4. The summed E-state index contributed by atoms with van der Waals surface area (Å²) in [4.78, 5) is 27.4. The van der Waals surface area contributed by atoms with Gasteiger partial charge in [0.05, 0.1) is 28.3 Å². The molecule has 184 valence electrons. The monoisotopic (exact) mass is 512 g/mol. The summed E-state index contributed by atoms with van der Waals surface area (Å²) in [6, 6.07) is 13.1. The molecule has 0 radical (unpaired) electrons. The number of para-hydroxylation sites is 1. The molecule has 1 aliphatic rings. The van der Waals surface area contributed by atoms with Crippen molar-refractivity contribution in [2.45, 2.75) is 44.4 Å². The van der Waals surface area contributed by atoms with Gasteiger partial charge < -0.3 is 10.1 Å². The van der Waals surface area contributed by atoms with Crippen LogP contribution in [0.15, 0.2) is 53.4 Å². The van der Waals surface area contributed by atoms with Crippen LogP contribution in [0.5, 0.6) is 0 Å². The molecule has 0 saturated heterocycles. The van der Waals surface area contributed by atoms with Gasteiger partial charge in [-0.05, 0) is 69.4 Å². The molecule has 1 N–H and O–H groups in total. The second-order valence-electron chi connectivity index (χ2n) is 8.39. The number of nitrogens with one attached hydrogen (secondary N) is 1. The normalized spacial score (nSPS) is 13.1. The van der Waals surface area contributed by atoms with Crippen LogP contribution in [-0.4, -0.2) is 33.9 Å². The Balaban J connectivity index is 1.68. The number of amides is 1. The van der Waals surface area contributed by atoms with Gasteiger partial charge in [-0.25, -0.2) is 13.2 Å². The maximum Gasteiger partial charge on any atom is 0.341 e. The Hall–Kier alpha value is -3.17. The molecular weight excluding hydrogens is 484 g/mol. The average molecular weight is 513 g/mol. The summed E-state index contributed by atoms with van der Waals surface area (Å²) in [6.07, 6.45) is 3.64. The predicted octanol–water partition coefficient (Wildman–Crippen LogP) is 5.19. The lowest BCUT2D eigenvalue weighted by molar-refractivity contribution is 0.0526. The van der Waals surface area contributed by atoms with Crippen molar-refractivity contribution in [2.24, 2.45) is 0 Å². The molecule has 3 aromatic rings. The molecule has 1 aliphatic carbocycles. The van der Waals surface area contributed by atoms with Gasteiger partial charge in [-0.3, -0.25) is 9.10 Å². The van der Waals surface area contributed by atoms with Crippen molar-refractivity contribution in [3.63, 3.8) is 0 Å². The summed E-state index contributed by atoms with van der Waals surface area (Å²) < 4.78 is 32.9. The number of esters is 1. The van der Waals surface area contributed by atoms with Crippen LogP contribution in [0.4, 0.5) is 10.7 Å². The second kappa shape index (κ2) is 10.2. The third kappa shape index (κ3) is 4.97. The van der Waals surface area contributed by atoms with Crippen molar-refractivity contribution in [3.05, 3.63) is 75.7 Å². The first kappa shape index (κ1) is 24.9. The lowest BCUT2D eigenvalue weighted by atomic mass is 9.95. The zero-order valence-corrected chi connectivity index (χ0v) is 21.6. The molecule has 0 unspecified atom stereocenters. The Morgan fingerprint density at radius 1 is 1.06 bits per heavy atom. The summed E-state index contributed by atoms with van der Waals surface area (Å²) in [5.41, 5.74) is 2.74. The van der Waals surface area contributed by atoms with Crippen molar-refractivity contribution >= 4 is 43.9 Å². The maximum atomic E-state index is 13.4. The van der Waals surface area contributed by atoms with E-state index in [2.05, 4.69) is 5.32 Å². The van der Waals surface area contributed by atoms with E-state index >= 15 is 0 Å². The predicted molar refractivity (Wildman–Crippen MR) is 138 cm³/mol. The van der Waals surface area contributed by atoms with Crippen LogP contribution < -0.4 is 9.62 Å². The van der Waals surface area contributed by atoms with Gasteiger partial charge in [-0.15, -0.1) is 11.3 Å². The van der Waals surface area contributed by atoms with Crippen LogP contribution in [0, 0.1) is 6.92 Å². The van der Waals surface area contributed by atoms with Gasteiger partial charge in [0.1, 0.15) is 5.00 Å². The Bertz CT molecular complexity index is 1360. The molecule has 1 aromatic heterocycles. The Morgan fingerprint density at radius 3 is 2.46 bits per heavy atom. The van der Waals surface area contributed by atoms with E-state index in [9.17, 15) is 18.0 Å². The number of ether oxygens (including phenoxy) is 1. The number of fused-ring (bicyclic) bond motifs is 1. The van der Waals surface area contributed by atoms with E-state index < -0.39 is 21.9 Å². The summed E-state index contributed by atoms with van der Waals surface area (Å²) in [5.74, 6) is -0.940. The van der Waals surface area contributed by atoms with Crippen LogP contribution in [0.25, 0.3) is 0 Å². The van der Waals surface area contributed by atoms with Crippen molar-refractivity contribution < 1.29 is 22.7 Å². The highest BCUT2D eigenvalue weighted by molar-refractivity contribution is 7.92. The fourth-order valence-corrected chi connectivity index (χ4v) is 6.67. The molecule has 4 rings (SSSR count). The van der Waals surface area contributed by atoms with Gasteiger partial charge in [0, 0.05) is 11.9 Å². The first-order valence-corrected chi connectivity index (χ1v) is 13.8. The third-order valence-electron chi connectivity index (χ3n) is 6.05. The number of rotatable bonds is 7. The number of nitrogens with zero attached hydrogens (tertiary/aromatic N) is 1. The fraction of sp³-hybridized carbons (Fsp3) is 0.308. The zero-order chi connectivity index (χ0) is 25.2. The minimum absolute atomic E-state index is 0.136. The largest absolute Gasteiger partial charge is 0.462 e. The van der Waals surface area contributed by atoms with E-state index in [0.717, 1.165) is 46.0 Å². The second-order valence-corrected chi connectivity index (χ2v) is 11.5. The molecule has 1 amide bonds. The fourth-order valence-electron chi connectivity index (χ4n) is 4.18. The molecule has 9 heteroatoms. The van der Waals surface area contributed by atoms with Gasteiger partial charge >= 0.3 is 5.97 Å². The number of sulfonamides is 1.